The van der Waals surface area contributed by atoms with Crippen LogP contribution in [0.5, 0.6) is 0 Å². The zero-order valence-corrected chi connectivity index (χ0v) is 8.71. The minimum Gasteiger partial charge on any atom is -0.481 e. The van der Waals surface area contributed by atoms with E-state index in [1.807, 2.05) is 0 Å². The van der Waals surface area contributed by atoms with Crippen LogP contribution in [0.2, 0.25) is 0 Å². The molecule has 1 rings (SSSR count). The molecule has 3 N–H and O–H groups in total. The predicted octanol–water partition coefficient (Wildman–Crippen LogP) is 1.76. The molecule has 0 aliphatic carbocycles. The van der Waals surface area contributed by atoms with Crippen LogP contribution in [0.3, 0.4) is 0 Å². The van der Waals surface area contributed by atoms with Gasteiger partial charge in [-0.2, -0.15) is 0 Å². The minimum absolute atomic E-state index is 0.149. The van der Waals surface area contributed by atoms with Gasteiger partial charge in [0.25, 0.3) is 5.69 Å². The number of benzene rings is 1. The van der Waals surface area contributed by atoms with Crippen LogP contribution in [0.1, 0.15) is 24.8 Å². The van der Waals surface area contributed by atoms with Gasteiger partial charge in [0.15, 0.2) is 0 Å². The van der Waals surface area contributed by atoms with Gasteiger partial charge in [0, 0.05) is 17.8 Å². The van der Waals surface area contributed by atoms with Crippen molar-refractivity contribution in [3.05, 3.63) is 33.9 Å². The van der Waals surface area contributed by atoms with E-state index in [9.17, 15) is 14.9 Å². The van der Waals surface area contributed by atoms with E-state index in [2.05, 4.69) is 0 Å². The molecular formula is C10H12N2O4. The minimum atomic E-state index is -1.03. The number of aliphatic carboxylic acids is 1. The van der Waals surface area contributed by atoms with Gasteiger partial charge in [-0.05, 0) is 18.1 Å². The number of nitro benzene ring substituents is 1. The Morgan fingerprint density at radius 3 is 2.69 bits per heavy atom. The second-order valence-corrected chi connectivity index (χ2v) is 3.37. The highest BCUT2D eigenvalue weighted by atomic mass is 16.6. The standard InChI is InChI=1S/C10H12N2O4/c1-2-7(10(13)14)8-5-6(12(15)16)3-4-9(8)11/h3-5,7H,2,11H2,1H3,(H,13,14). The zero-order chi connectivity index (χ0) is 12.3. The van der Waals surface area contributed by atoms with Crippen LogP contribution in [-0.4, -0.2) is 16.0 Å². The number of carboxylic acids is 1. The van der Waals surface area contributed by atoms with E-state index in [1.165, 1.54) is 18.2 Å². The highest BCUT2D eigenvalue weighted by Crippen LogP contribution is 2.29. The summed E-state index contributed by atoms with van der Waals surface area (Å²) in [5.74, 6) is -1.84. The molecule has 1 aromatic carbocycles. The molecule has 0 saturated carbocycles. The summed E-state index contributed by atoms with van der Waals surface area (Å²) in [4.78, 5) is 20.9. The van der Waals surface area contributed by atoms with Crippen LogP contribution in [0.25, 0.3) is 0 Å². The molecule has 0 amide bonds. The third-order valence-electron chi connectivity index (χ3n) is 2.36. The van der Waals surface area contributed by atoms with Gasteiger partial charge in [0.2, 0.25) is 0 Å². The summed E-state index contributed by atoms with van der Waals surface area (Å²) in [5, 5.41) is 19.5. The number of nitro groups is 1. The molecule has 86 valence electrons. The maximum absolute atomic E-state index is 10.9. The van der Waals surface area contributed by atoms with Gasteiger partial charge in [-0.25, -0.2) is 0 Å². The summed E-state index contributed by atoms with van der Waals surface area (Å²) in [5.41, 5.74) is 6.03. The lowest BCUT2D eigenvalue weighted by molar-refractivity contribution is -0.384. The molecule has 16 heavy (non-hydrogen) atoms. The molecule has 0 aliphatic heterocycles. The third-order valence-corrected chi connectivity index (χ3v) is 2.36. The van der Waals surface area contributed by atoms with Gasteiger partial charge in [-0.15, -0.1) is 0 Å². The molecule has 6 heteroatoms. The van der Waals surface area contributed by atoms with Crippen molar-refractivity contribution in [2.24, 2.45) is 0 Å². The number of nitrogens with two attached hydrogens (primary N) is 1. The molecule has 1 aromatic rings. The van der Waals surface area contributed by atoms with Crippen molar-refractivity contribution in [1.29, 1.82) is 0 Å². The molecule has 0 aromatic heterocycles. The number of rotatable bonds is 4. The van der Waals surface area contributed by atoms with Crippen molar-refractivity contribution in [3.63, 3.8) is 0 Å². The number of hydrogen-bond donors (Lipinski definition) is 2. The Labute approximate surface area is 91.8 Å². The van der Waals surface area contributed by atoms with Crippen LogP contribution in [0.4, 0.5) is 11.4 Å². The molecule has 6 nitrogen and oxygen atoms in total. The topological polar surface area (TPSA) is 106 Å². The van der Waals surface area contributed by atoms with E-state index < -0.39 is 16.8 Å². The van der Waals surface area contributed by atoms with E-state index in [4.69, 9.17) is 10.8 Å². The average molecular weight is 224 g/mol. The first-order valence-corrected chi connectivity index (χ1v) is 4.74. The SMILES string of the molecule is CCC(C(=O)O)c1cc([N+](=O)[O-])ccc1N. The Morgan fingerprint density at radius 1 is 1.62 bits per heavy atom. The highest BCUT2D eigenvalue weighted by Gasteiger charge is 2.22. The summed E-state index contributed by atoms with van der Waals surface area (Å²) in [6.07, 6.45) is 0.334. The van der Waals surface area contributed by atoms with Crippen LogP contribution in [0.15, 0.2) is 18.2 Å². The van der Waals surface area contributed by atoms with E-state index >= 15 is 0 Å². The van der Waals surface area contributed by atoms with Gasteiger partial charge >= 0.3 is 5.97 Å². The number of carbonyl (C=O) groups is 1. The summed E-state index contributed by atoms with van der Waals surface area (Å²) in [6.45, 7) is 1.69. The Kier molecular flexibility index (Phi) is 3.44. The van der Waals surface area contributed by atoms with E-state index in [0.717, 1.165) is 0 Å². The first-order valence-electron chi connectivity index (χ1n) is 4.74. The van der Waals surface area contributed by atoms with Gasteiger partial charge < -0.3 is 10.8 Å². The molecule has 0 bridgehead atoms. The largest absolute Gasteiger partial charge is 0.481 e. The second kappa shape index (κ2) is 4.61. The number of anilines is 1. The smallest absolute Gasteiger partial charge is 0.311 e. The lowest BCUT2D eigenvalue weighted by Gasteiger charge is -2.12. The van der Waals surface area contributed by atoms with Crippen molar-refractivity contribution >= 4 is 17.3 Å². The van der Waals surface area contributed by atoms with Gasteiger partial charge in [0.1, 0.15) is 0 Å². The van der Waals surface area contributed by atoms with Crippen LogP contribution in [0, 0.1) is 10.1 Å². The number of hydrogen-bond acceptors (Lipinski definition) is 4. The molecule has 0 radical (unpaired) electrons. The molecule has 0 spiro atoms. The first-order chi connectivity index (χ1) is 7.47. The lowest BCUT2D eigenvalue weighted by atomic mass is 9.94. The molecule has 0 aliphatic rings. The van der Waals surface area contributed by atoms with Crippen LogP contribution < -0.4 is 5.73 Å². The van der Waals surface area contributed by atoms with Crippen molar-refractivity contribution in [2.45, 2.75) is 19.3 Å². The highest BCUT2D eigenvalue weighted by molar-refractivity contribution is 5.79. The number of nitrogen functional groups attached to an aromatic ring is 1. The maximum atomic E-state index is 10.9. The maximum Gasteiger partial charge on any atom is 0.311 e. The summed E-state index contributed by atoms with van der Waals surface area (Å²) in [7, 11) is 0. The fraction of sp³-hybridized carbons (Fsp3) is 0.300. The number of nitrogens with zero attached hydrogens (tertiary/aromatic N) is 1. The van der Waals surface area contributed by atoms with Gasteiger partial charge in [-0.3, -0.25) is 14.9 Å². The Hall–Kier alpha value is -2.11. The molecule has 0 saturated heterocycles. The zero-order valence-electron chi connectivity index (χ0n) is 8.71. The van der Waals surface area contributed by atoms with Crippen molar-refractivity contribution in [2.75, 3.05) is 5.73 Å². The van der Waals surface area contributed by atoms with Crippen LogP contribution >= 0.6 is 0 Å². The Morgan fingerprint density at radius 2 is 2.25 bits per heavy atom. The average Bonchev–Trinajstić information content (AvgIpc) is 2.20. The number of non-ortho nitro benzene ring substituents is 1. The molecular weight excluding hydrogens is 212 g/mol. The van der Waals surface area contributed by atoms with Crippen molar-refractivity contribution in [1.82, 2.24) is 0 Å². The Balaban J connectivity index is 3.25. The fourth-order valence-corrected chi connectivity index (χ4v) is 1.51. The molecule has 1 unspecified atom stereocenters. The molecule has 1 atom stereocenters. The van der Waals surface area contributed by atoms with Crippen molar-refractivity contribution < 1.29 is 14.8 Å². The first kappa shape index (κ1) is 12.0. The number of carboxylic acid groups (broad SMARTS) is 1. The summed E-state index contributed by atoms with van der Waals surface area (Å²) >= 11 is 0. The van der Waals surface area contributed by atoms with Crippen molar-refractivity contribution in [3.8, 4) is 0 Å². The summed E-state index contributed by atoms with van der Waals surface area (Å²) in [6, 6.07) is 3.84. The van der Waals surface area contributed by atoms with Gasteiger partial charge in [0.05, 0.1) is 10.8 Å². The fourth-order valence-electron chi connectivity index (χ4n) is 1.51. The quantitative estimate of drug-likeness (QED) is 0.460. The molecule has 0 heterocycles. The van der Waals surface area contributed by atoms with E-state index in [-0.39, 0.29) is 11.4 Å². The predicted molar refractivity (Wildman–Crippen MR) is 58.2 cm³/mol. The molecule has 0 fully saturated rings. The Bertz CT molecular complexity index is 431. The van der Waals surface area contributed by atoms with E-state index in [0.29, 0.717) is 12.0 Å². The summed E-state index contributed by atoms with van der Waals surface area (Å²) < 4.78 is 0. The monoisotopic (exact) mass is 224 g/mol. The lowest BCUT2D eigenvalue weighted by Crippen LogP contribution is -2.12. The second-order valence-electron chi connectivity index (χ2n) is 3.37. The van der Waals surface area contributed by atoms with Gasteiger partial charge in [-0.1, -0.05) is 6.92 Å². The van der Waals surface area contributed by atoms with Crippen LogP contribution in [-0.2, 0) is 4.79 Å². The normalized spacial score (nSPS) is 12.1. The third kappa shape index (κ3) is 2.28. The van der Waals surface area contributed by atoms with E-state index in [1.54, 1.807) is 6.92 Å².